The molecule has 0 aliphatic rings. The average molecular weight is 348 g/mol. The SMILES string of the molecule is CCOC(CCNC(=NC)NCCNC(=O)c1ccccc1)C(C)C. The lowest BCUT2D eigenvalue weighted by molar-refractivity contribution is 0.0258. The smallest absolute Gasteiger partial charge is 0.251 e. The zero-order chi connectivity index (χ0) is 18.5. The lowest BCUT2D eigenvalue weighted by Crippen LogP contribution is -2.42. The van der Waals surface area contributed by atoms with Gasteiger partial charge >= 0.3 is 0 Å². The molecule has 25 heavy (non-hydrogen) atoms. The van der Waals surface area contributed by atoms with E-state index < -0.39 is 0 Å². The first kappa shape index (κ1) is 21.0. The molecule has 0 spiro atoms. The van der Waals surface area contributed by atoms with Gasteiger partial charge in [-0.3, -0.25) is 9.79 Å². The van der Waals surface area contributed by atoms with Gasteiger partial charge in [-0.2, -0.15) is 0 Å². The summed E-state index contributed by atoms with van der Waals surface area (Å²) in [6.07, 6.45) is 1.18. The summed E-state index contributed by atoms with van der Waals surface area (Å²) in [7, 11) is 1.74. The summed E-state index contributed by atoms with van der Waals surface area (Å²) in [4.78, 5) is 16.1. The van der Waals surface area contributed by atoms with E-state index in [4.69, 9.17) is 4.74 Å². The van der Waals surface area contributed by atoms with Crippen LogP contribution >= 0.6 is 0 Å². The van der Waals surface area contributed by atoms with E-state index in [1.165, 1.54) is 0 Å². The van der Waals surface area contributed by atoms with E-state index in [2.05, 4.69) is 34.8 Å². The Balaban J connectivity index is 2.23. The van der Waals surface area contributed by atoms with Crippen LogP contribution in [0.3, 0.4) is 0 Å². The number of hydrogen-bond acceptors (Lipinski definition) is 3. The van der Waals surface area contributed by atoms with Crippen LogP contribution in [0, 0.1) is 5.92 Å². The second-order valence-corrected chi connectivity index (χ2v) is 6.07. The van der Waals surface area contributed by atoms with Crippen molar-refractivity contribution in [2.24, 2.45) is 10.9 Å². The van der Waals surface area contributed by atoms with Gasteiger partial charge in [0.25, 0.3) is 5.91 Å². The number of amides is 1. The number of rotatable bonds is 10. The second kappa shape index (κ2) is 12.3. The predicted molar refractivity (Wildman–Crippen MR) is 103 cm³/mol. The lowest BCUT2D eigenvalue weighted by Gasteiger charge is -2.21. The third-order valence-corrected chi connectivity index (χ3v) is 3.81. The highest BCUT2D eigenvalue weighted by Gasteiger charge is 2.12. The van der Waals surface area contributed by atoms with E-state index in [1.807, 2.05) is 25.1 Å². The Labute approximate surface area is 151 Å². The quantitative estimate of drug-likeness (QED) is 0.344. The van der Waals surface area contributed by atoms with Gasteiger partial charge in [-0.15, -0.1) is 0 Å². The summed E-state index contributed by atoms with van der Waals surface area (Å²) in [6, 6.07) is 9.19. The van der Waals surface area contributed by atoms with Gasteiger partial charge < -0.3 is 20.7 Å². The Morgan fingerprint density at radius 2 is 1.72 bits per heavy atom. The van der Waals surface area contributed by atoms with E-state index >= 15 is 0 Å². The molecule has 0 aliphatic heterocycles. The van der Waals surface area contributed by atoms with Crippen LogP contribution in [0.2, 0.25) is 0 Å². The Morgan fingerprint density at radius 1 is 1.08 bits per heavy atom. The minimum absolute atomic E-state index is 0.0677. The number of carbonyl (C=O) groups is 1. The van der Waals surface area contributed by atoms with Crippen molar-refractivity contribution in [1.82, 2.24) is 16.0 Å². The average Bonchev–Trinajstić information content (AvgIpc) is 2.63. The molecule has 6 heteroatoms. The minimum atomic E-state index is -0.0677. The molecular weight excluding hydrogens is 316 g/mol. The van der Waals surface area contributed by atoms with Crippen LogP contribution in [0.1, 0.15) is 37.6 Å². The molecule has 0 aromatic heterocycles. The maximum atomic E-state index is 11.9. The number of hydrogen-bond donors (Lipinski definition) is 3. The van der Waals surface area contributed by atoms with E-state index in [1.54, 1.807) is 19.2 Å². The Bertz CT molecular complexity index is 517. The summed E-state index contributed by atoms with van der Waals surface area (Å²) >= 11 is 0. The molecule has 140 valence electrons. The Hall–Kier alpha value is -2.08. The van der Waals surface area contributed by atoms with Crippen molar-refractivity contribution in [3.05, 3.63) is 35.9 Å². The number of nitrogens with zero attached hydrogens (tertiary/aromatic N) is 1. The zero-order valence-electron chi connectivity index (χ0n) is 15.8. The van der Waals surface area contributed by atoms with Crippen LogP contribution in [0.25, 0.3) is 0 Å². The van der Waals surface area contributed by atoms with Crippen LogP contribution in [-0.2, 0) is 4.74 Å². The fourth-order valence-electron chi connectivity index (χ4n) is 2.43. The molecule has 1 amide bonds. The molecule has 0 aliphatic carbocycles. The van der Waals surface area contributed by atoms with Crippen molar-refractivity contribution in [1.29, 1.82) is 0 Å². The first-order valence-electron chi connectivity index (χ1n) is 8.97. The maximum absolute atomic E-state index is 11.9. The summed E-state index contributed by atoms with van der Waals surface area (Å²) in [5.41, 5.74) is 0.667. The Kier molecular flexibility index (Phi) is 10.3. The largest absolute Gasteiger partial charge is 0.378 e. The molecule has 0 fully saturated rings. The highest BCUT2D eigenvalue weighted by molar-refractivity contribution is 5.94. The van der Waals surface area contributed by atoms with Crippen molar-refractivity contribution in [2.45, 2.75) is 33.3 Å². The fraction of sp³-hybridized carbons (Fsp3) is 0.579. The molecule has 1 rings (SSSR count). The molecule has 3 N–H and O–H groups in total. The third-order valence-electron chi connectivity index (χ3n) is 3.81. The number of aliphatic imine (C=N–C) groups is 1. The number of nitrogens with one attached hydrogen (secondary N) is 3. The maximum Gasteiger partial charge on any atom is 0.251 e. The molecule has 6 nitrogen and oxygen atoms in total. The van der Waals surface area contributed by atoms with Crippen LogP contribution in [0.4, 0.5) is 0 Å². The third kappa shape index (κ3) is 8.54. The van der Waals surface area contributed by atoms with Gasteiger partial charge in [-0.05, 0) is 31.4 Å². The molecule has 0 saturated heterocycles. The van der Waals surface area contributed by atoms with E-state index in [0.717, 1.165) is 25.5 Å². The van der Waals surface area contributed by atoms with E-state index in [0.29, 0.717) is 24.6 Å². The van der Waals surface area contributed by atoms with Gasteiger partial charge in [-0.1, -0.05) is 32.0 Å². The van der Waals surface area contributed by atoms with Gasteiger partial charge in [-0.25, -0.2) is 0 Å². The normalized spacial score (nSPS) is 12.8. The van der Waals surface area contributed by atoms with Crippen molar-refractivity contribution >= 4 is 11.9 Å². The fourth-order valence-corrected chi connectivity index (χ4v) is 2.43. The van der Waals surface area contributed by atoms with E-state index in [-0.39, 0.29) is 12.0 Å². The monoisotopic (exact) mass is 348 g/mol. The van der Waals surface area contributed by atoms with E-state index in [9.17, 15) is 4.79 Å². The molecule has 0 bridgehead atoms. The van der Waals surface area contributed by atoms with Gasteiger partial charge in [0.1, 0.15) is 0 Å². The highest BCUT2D eigenvalue weighted by Crippen LogP contribution is 2.09. The van der Waals surface area contributed by atoms with Crippen molar-refractivity contribution in [3.8, 4) is 0 Å². The van der Waals surface area contributed by atoms with Crippen LogP contribution in [-0.4, -0.2) is 51.3 Å². The summed E-state index contributed by atoms with van der Waals surface area (Å²) < 4.78 is 5.74. The van der Waals surface area contributed by atoms with Crippen molar-refractivity contribution in [3.63, 3.8) is 0 Å². The second-order valence-electron chi connectivity index (χ2n) is 6.07. The molecule has 1 aromatic rings. The van der Waals surface area contributed by atoms with Crippen LogP contribution < -0.4 is 16.0 Å². The van der Waals surface area contributed by atoms with Gasteiger partial charge in [0.15, 0.2) is 5.96 Å². The molecule has 1 atom stereocenters. The number of guanidine groups is 1. The van der Waals surface area contributed by atoms with Gasteiger partial charge in [0, 0.05) is 38.9 Å². The number of carbonyl (C=O) groups excluding carboxylic acids is 1. The molecular formula is C19H32N4O2. The molecule has 1 unspecified atom stereocenters. The van der Waals surface area contributed by atoms with Crippen LogP contribution in [0.15, 0.2) is 35.3 Å². The first-order valence-corrected chi connectivity index (χ1v) is 8.97. The molecule has 0 heterocycles. The predicted octanol–water partition coefficient (Wildman–Crippen LogP) is 2.03. The number of ether oxygens (including phenoxy) is 1. The lowest BCUT2D eigenvalue weighted by atomic mass is 10.0. The topological polar surface area (TPSA) is 74.8 Å². The van der Waals surface area contributed by atoms with Gasteiger partial charge in [0.05, 0.1) is 6.10 Å². The van der Waals surface area contributed by atoms with Crippen molar-refractivity contribution in [2.75, 3.05) is 33.3 Å². The van der Waals surface area contributed by atoms with Crippen molar-refractivity contribution < 1.29 is 9.53 Å². The summed E-state index contributed by atoms with van der Waals surface area (Å²) in [5, 5.41) is 9.35. The summed E-state index contributed by atoms with van der Waals surface area (Å²) in [6.45, 7) is 9.02. The molecule has 0 radical (unpaired) electrons. The van der Waals surface area contributed by atoms with Crippen LogP contribution in [0.5, 0.6) is 0 Å². The zero-order valence-corrected chi connectivity index (χ0v) is 15.8. The van der Waals surface area contributed by atoms with Gasteiger partial charge in [0.2, 0.25) is 0 Å². The first-order chi connectivity index (χ1) is 12.1. The summed E-state index contributed by atoms with van der Waals surface area (Å²) in [5.74, 6) is 1.15. The minimum Gasteiger partial charge on any atom is -0.378 e. The molecule has 1 aromatic carbocycles. The molecule has 0 saturated carbocycles. The standard InChI is InChI=1S/C19H32N4O2/c1-5-25-17(15(2)3)11-12-22-19(20-4)23-14-13-21-18(24)16-9-7-6-8-10-16/h6-10,15,17H,5,11-14H2,1-4H3,(H,21,24)(H2,20,22,23). The Morgan fingerprint density at radius 3 is 2.32 bits per heavy atom. The number of benzene rings is 1. The highest BCUT2D eigenvalue weighted by atomic mass is 16.5.